The summed E-state index contributed by atoms with van der Waals surface area (Å²) < 4.78 is 0. The molecule has 1 unspecified atom stereocenters. The van der Waals surface area contributed by atoms with Crippen LogP contribution < -0.4 is 5.73 Å². The van der Waals surface area contributed by atoms with Crippen molar-refractivity contribution in [2.75, 3.05) is 20.6 Å². The highest BCUT2D eigenvalue weighted by molar-refractivity contribution is 4.98. The minimum absolute atomic E-state index is 0.396. The molecule has 4 fully saturated rings. The van der Waals surface area contributed by atoms with E-state index in [2.05, 4.69) is 19.0 Å². The molecule has 0 aliphatic heterocycles. The van der Waals surface area contributed by atoms with Crippen molar-refractivity contribution in [2.24, 2.45) is 35.3 Å². The Hall–Kier alpha value is -0.0800. The van der Waals surface area contributed by atoms with E-state index in [0.717, 1.165) is 36.1 Å². The van der Waals surface area contributed by atoms with Crippen molar-refractivity contribution in [3.63, 3.8) is 0 Å². The van der Waals surface area contributed by atoms with E-state index >= 15 is 0 Å². The molecule has 0 aromatic carbocycles. The summed E-state index contributed by atoms with van der Waals surface area (Å²) in [5, 5.41) is 0. The highest BCUT2D eigenvalue weighted by Crippen LogP contribution is 2.57. The van der Waals surface area contributed by atoms with E-state index in [9.17, 15) is 0 Å². The summed E-state index contributed by atoms with van der Waals surface area (Å²) in [6.07, 6.45) is 8.98. The van der Waals surface area contributed by atoms with Gasteiger partial charge in [0.25, 0.3) is 0 Å². The molecule has 17 heavy (non-hydrogen) atoms. The average Bonchev–Trinajstić information content (AvgIpc) is 2.21. The van der Waals surface area contributed by atoms with Crippen molar-refractivity contribution in [1.29, 1.82) is 0 Å². The monoisotopic (exact) mass is 236 g/mol. The van der Waals surface area contributed by atoms with Crippen LogP contribution in [0.4, 0.5) is 0 Å². The number of likely N-dealkylation sites (N-methyl/N-ethyl adjacent to an activating group) is 1. The lowest BCUT2D eigenvalue weighted by atomic mass is 9.51. The quantitative estimate of drug-likeness (QED) is 0.812. The van der Waals surface area contributed by atoms with Crippen LogP contribution >= 0.6 is 0 Å². The zero-order valence-electron chi connectivity index (χ0n) is 11.4. The predicted molar refractivity (Wildman–Crippen MR) is 71.7 cm³/mol. The van der Waals surface area contributed by atoms with Crippen molar-refractivity contribution in [3.05, 3.63) is 0 Å². The molecule has 4 aliphatic carbocycles. The molecular formula is C15H28N2. The van der Waals surface area contributed by atoms with Crippen molar-refractivity contribution in [2.45, 2.75) is 44.6 Å². The van der Waals surface area contributed by atoms with E-state index in [1.165, 1.54) is 32.1 Å². The standard InChI is InChI=1S/C15H28N2/c1-17(2)9-14(16)8-15-12-4-10-3-11(6-12)7-13(15)5-10/h10-15H,3-9,16H2,1-2H3. The van der Waals surface area contributed by atoms with Crippen LogP contribution in [0.1, 0.15) is 38.5 Å². The Balaban J connectivity index is 1.60. The van der Waals surface area contributed by atoms with Gasteiger partial charge < -0.3 is 10.6 Å². The van der Waals surface area contributed by atoms with Crippen LogP contribution in [0, 0.1) is 29.6 Å². The number of nitrogens with two attached hydrogens (primary N) is 1. The Kier molecular flexibility index (Phi) is 3.20. The summed E-state index contributed by atoms with van der Waals surface area (Å²) in [5.74, 6) is 5.24. The molecule has 2 nitrogen and oxygen atoms in total. The third kappa shape index (κ3) is 2.39. The van der Waals surface area contributed by atoms with Gasteiger partial charge >= 0.3 is 0 Å². The van der Waals surface area contributed by atoms with E-state index in [4.69, 9.17) is 5.73 Å². The van der Waals surface area contributed by atoms with Gasteiger partial charge in [0, 0.05) is 12.6 Å². The summed E-state index contributed by atoms with van der Waals surface area (Å²) in [4.78, 5) is 2.24. The second-order valence-corrected chi connectivity index (χ2v) is 7.35. The van der Waals surface area contributed by atoms with Crippen molar-refractivity contribution < 1.29 is 0 Å². The van der Waals surface area contributed by atoms with E-state index < -0.39 is 0 Å². The summed E-state index contributed by atoms with van der Waals surface area (Å²) in [6.45, 7) is 1.06. The fraction of sp³-hybridized carbons (Fsp3) is 1.00. The van der Waals surface area contributed by atoms with Crippen LogP contribution in [0.15, 0.2) is 0 Å². The first kappa shape index (κ1) is 12.0. The zero-order valence-corrected chi connectivity index (χ0v) is 11.4. The summed E-state index contributed by atoms with van der Waals surface area (Å²) in [6, 6.07) is 0.396. The van der Waals surface area contributed by atoms with Gasteiger partial charge in [0.1, 0.15) is 0 Å². The Morgan fingerprint density at radius 1 is 1.00 bits per heavy atom. The van der Waals surface area contributed by atoms with Crippen molar-refractivity contribution in [3.8, 4) is 0 Å². The third-order valence-corrected chi connectivity index (χ3v) is 5.60. The van der Waals surface area contributed by atoms with Crippen molar-refractivity contribution in [1.82, 2.24) is 4.90 Å². The minimum Gasteiger partial charge on any atom is -0.327 e. The predicted octanol–water partition coefficient (Wildman–Crippen LogP) is 2.34. The second-order valence-electron chi connectivity index (χ2n) is 7.35. The number of rotatable bonds is 4. The van der Waals surface area contributed by atoms with Gasteiger partial charge in [-0.2, -0.15) is 0 Å². The number of hydrogen-bond acceptors (Lipinski definition) is 2. The van der Waals surface area contributed by atoms with Crippen LogP contribution in [0.5, 0.6) is 0 Å². The fourth-order valence-electron chi connectivity index (χ4n) is 5.32. The van der Waals surface area contributed by atoms with Gasteiger partial charge in [-0.25, -0.2) is 0 Å². The van der Waals surface area contributed by atoms with Gasteiger partial charge in [0.05, 0.1) is 0 Å². The normalized spacial score (nSPS) is 45.5. The summed E-state index contributed by atoms with van der Waals surface area (Å²) >= 11 is 0. The van der Waals surface area contributed by atoms with Crippen LogP contribution in [-0.4, -0.2) is 31.6 Å². The van der Waals surface area contributed by atoms with Crippen molar-refractivity contribution >= 4 is 0 Å². The first-order chi connectivity index (χ1) is 8.11. The molecule has 0 saturated heterocycles. The molecule has 2 N–H and O–H groups in total. The lowest BCUT2D eigenvalue weighted by Gasteiger charge is -2.55. The van der Waals surface area contributed by atoms with Crippen LogP contribution in [-0.2, 0) is 0 Å². The van der Waals surface area contributed by atoms with Gasteiger partial charge in [-0.05, 0) is 82.2 Å². The maximum Gasteiger partial charge on any atom is 0.0170 e. The summed E-state index contributed by atoms with van der Waals surface area (Å²) in [5.41, 5.74) is 6.31. The Morgan fingerprint density at radius 3 is 2.00 bits per heavy atom. The molecule has 0 heterocycles. The largest absolute Gasteiger partial charge is 0.327 e. The first-order valence-corrected chi connectivity index (χ1v) is 7.52. The molecule has 4 aliphatic rings. The lowest BCUT2D eigenvalue weighted by Crippen LogP contribution is -2.47. The Bertz CT molecular complexity index is 246. The van der Waals surface area contributed by atoms with Crippen LogP contribution in [0.2, 0.25) is 0 Å². The SMILES string of the molecule is CN(C)CC(N)CC1C2CC3CC(C2)CC1C3. The van der Waals surface area contributed by atoms with Gasteiger partial charge in [-0.15, -0.1) is 0 Å². The molecule has 0 spiro atoms. The Labute approximate surface area is 106 Å². The fourth-order valence-corrected chi connectivity index (χ4v) is 5.32. The molecule has 0 aromatic rings. The van der Waals surface area contributed by atoms with Gasteiger partial charge in [0.2, 0.25) is 0 Å². The molecule has 4 saturated carbocycles. The zero-order chi connectivity index (χ0) is 12.0. The van der Waals surface area contributed by atoms with Gasteiger partial charge in [-0.1, -0.05) is 0 Å². The molecule has 0 amide bonds. The molecule has 2 heteroatoms. The summed E-state index contributed by atoms with van der Waals surface area (Å²) in [7, 11) is 4.27. The lowest BCUT2D eigenvalue weighted by molar-refractivity contribution is -0.0425. The van der Waals surface area contributed by atoms with Crippen LogP contribution in [0.25, 0.3) is 0 Å². The molecule has 98 valence electrons. The Morgan fingerprint density at radius 2 is 1.53 bits per heavy atom. The van der Waals surface area contributed by atoms with Gasteiger partial charge in [-0.3, -0.25) is 0 Å². The molecule has 0 aromatic heterocycles. The van der Waals surface area contributed by atoms with E-state index in [1.54, 1.807) is 6.42 Å². The molecule has 4 bridgehead atoms. The maximum absolute atomic E-state index is 6.31. The van der Waals surface area contributed by atoms with E-state index in [-0.39, 0.29) is 0 Å². The highest BCUT2D eigenvalue weighted by Gasteiger charge is 2.48. The number of nitrogens with zero attached hydrogens (tertiary/aromatic N) is 1. The average molecular weight is 236 g/mol. The van der Waals surface area contributed by atoms with E-state index in [1.807, 2.05) is 0 Å². The van der Waals surface area contributed by atoms with E-state index in [0.29, 0.717) is 6.04 Å². The minimum atomic E-state index is 0.396. The topological polar surface area (TPSA) is 29.3 Å². The molecule has 0 radical (unpaired) electrons. The number of hydrogen-bond donors (Lipinski definition) is 1. The van der Waals surface area contributed by atoms with Gasteiger partial charge in [0.15, 0.2) is 0 Å². The molecule has 4 rings (SSSR count). The maximum atomic E-state index is 6.31. The van der Waals surface area contributed by atoms with Crippen LogP contribution in [0.3, 0.4) is 0 Å². The third-order valence-electron chi connectivity index (χ3n) is 5.60. The second kappa shape index (κ2) is 4.55. The molecular weight excluding hydrogens is 208 g/mol. The molecule has 1 atom stereocenters. The smallest absolute Gasteiger partial charge is 0.0170 e. The first-order valence-electron chi connectivity index (χ1n) is 7.52. The highest BCUT2D eigenvalue weighted by atomic mass is 15.1.